The Bertz CT molecular complexity index is 1200. The maximum absolute atomic E-state index is 13.5. The summed E-state index contributed by atoms with van der Waals surface area (Å²) in [5.41, 5.74) is 2.52. The second-order valence-corrected chi connectivity index (χ2v) is 7.43. The van der Waals surface area contributed by atoms with Crippen LogP contribution in [0.25, 0.3) is 10.9 Å². The quantitative estimate of drug-likeness (QED) is 0.443. The van der Waals surface area contributed by atoms with Gasteiger partial charge in [0, 0.05) is 35.6 Å². The van der Waals surface area contributed by atoms with E-state index in [1.807, 2.05) is 6.08 Å². The van der Waals surface area contributed by atoms with Crippen LogP contribution in [0, 0.1) is 17.1 Å². The molecule has 164 valence electrons. The minimum Gasteiger partial charge on any atom is -0.354 e. The monoisotopic (exact) mass is 451 g/mol. The standard InChI is InChI=1S/C24H23ClFN5O/c1-3-31(4-2)11-5-6-23(32)29-17-8-10-22-19(12-17)24(16(14-27)15-28-22)30-18-7-9-21(26)20(25)13-18/h5-10,12-13,15H,3-4,11H2,1-2H3,(H,28,30)(H,29,32)/b6-5+. The summed E-state index contributed by atoms with van der Waals surface area (Å²) in [6.45, 7) is 6.66. The van der Waals surface area contributed by atoms with Gasteiger partial charge >= 0.3 is 0 Å². The predicted octanol–water partition coefficient (Wildman–Crippen LogP) is 5.48. The molecule has 3 rings (SSSR count). The van der Waals surface area contributed by atoms with Crippen molar-refractivity contribution in [1.29, 1.82) is 5.26 Å². The van der Waals surface area contributed by atoms with Gasteiger partial charge in [-0.3, -0.25) is 9.78 Å². The first-order valence-corrected chi connectivity index (χ1v) is 10.6. The first-order chi connectivity index (χ1) is 15.4. The number of hydrogen-bond donors (Lipinski definition) is 2. The van der Waals surface area contributed by atoms with Crippen molar-refractivity contribution in [3.05, 3.63) is 71.2 Å². The molecule has 0 spiro atoms. The molecule has 3 aromatic rings. The molecule has 2 aromatic carbocycles. The normalized spacial score (nSPS) is 11.1. The van der Waals surface area contributed by atoms with Crippen LogP contribution in [0.2, 0.25) is 5.02 Å². The third kappa shape index (κ3) is 5.61. The van der Waals surface area contributed by atoms with Gasteiger partial charge in [-0.2, -0.15) is 5.26 Å². The van der Waals surface area contributed by atoms with Crippen LogP contribution in [0.5, 0.6) is 0 Å². The Balaban J connectivity index is 1.88. The van der Waals surface area contributed by atoms with Gasteiger partial charge in [0.25, 0.3) is 0 Å². The topological polar surface area (TPSA) is 81.1 Å². The van der Waals surface area contributed by atoms with Crippen molar-refractivity contribution in [3.8, 4) is 6.07 Å². The highest BCUT2D eigenvalue weighted by Gasteiger charge is 2.12. The van der Waals surface area contributed by atoms with Crippen molar-refractivity contribution in [3.63, 3.8) is 0 Å². The van der Waals surface area contributed by atoms with E-state index in [0.717, 1.165) is 13.1 Å². The van der Waals surface area contributed by atoms with E-state index >= 15 is 0 Å². The Morgan fingerprint density at radius 2 is 1.97 bits per heavy atom. The third-order valence-corrected chi connectivity index (χ3v) is 5.26. The molecule has 1 aromatic heterocycles. The van der Waals surface area contributed by atoms with Crippen molar-refractivity contribution < 1.29 is 9.18 Å². The highest BCUT2D eigenvalue weighted by Crippen LogP contribution is 2.32. The number of fused-ring (bicyclic) bond motifs is 1. The summed E-state index contributed by atoms with van der Waals surface area (Å²) in [6.07, 6.45) is 4.79. The van der Waals surface area contributed by atoms with E-state index in [1.54, 1.807) is 18.2 Å². The molecule has 0 radical (unpaired) electrons. The number of hydrogen-bond acceptors (Lipinski definition) is 5. The number of nitrogens with one attached hydrogen (secondary N) is 2. The van der Waals surface area contributed by atoms with Crippen molar-refractivity contribution >= 4 is 45.5 Å². The largest absolute Gasteiger partial charge is 0.354 e. The lowest BCUT2D eigenvalue weighted by molar-refractivity contribution is -0.111. The number of pyridine rings is 1. The number of benzene rings is 2. The minimum atomic E-state index is -0.531. The van der Waals surface area contributed by atoms with E-state index in [0.29, 0.717) is 40.1 Å². The fourth-order valence-electron chi connectivity index (χ4n) is 3.18. The molecule has 0 saturated heterocycles. The summed E-state index contributed by atoms with van der Waals surface area (Å²) in [5, 5.41) is 16.1. The predicted molar refractivity (Wildman–Crippen MR) is 127 cm³/mol. The SMILES string of the molecule is CCN(CC)C/C=C/C(=O)Nc1ccc2ncc(C#N)c(Nc3ccc(F)c(Cl)c3)c2c1. The summed E-state index contributed by atoms with van der Waals surface area (Å²) in [4.78, 5) is 18.8. The summed E-state index contributed by atoms with van der Waals surface area (Å²) < 4.78 is 13.5. The highest BCUT2D eigenvalue weighted by molar-refractivity contribution is 6.31. The van der Waals surface area contributed by atoms with Gasteiger partial charge in [0.05, 0.1) is 21.8 Å². The second kappa shape index (κ2) is 10.7. The molecule has 1 amide bonds. The molecule has 0 unspecified atom stereocenters. The van der Waals surface area contributed by atoms with Crippen LogP contribution in [-0.2, 0) is 4.79 Å². The van der Waals surface area contributed by atoms with E-state index in [-0.39, 0.29) is 10.9 Å². The summed E-state index contributed by atoms with van der Waals surface area (Å²) in [6, 6.07) is 11.6. The molecule has 32 heavy (non-hydrogen) atoms. The Kier molecular flexibility index (Phi) is 7.77. The molecule has 2 N–H and O–H groups in total. The van der Waals surface area contributed by atoms with Crippen LogP contribution in [0.1, 0.15) is 19.4 Å². The number of carbonyl (C=O) groups excluding carboxylic acids is 1. The molecule has 0 atom stereocenters. The highest BCUT2D eigenvalue weighted by atomic mass is 35.5. The zero-order chi connectivity index (χ0) is 23.1. The average molecular weight is 452 g/mol. The lowest BCUT2D eigenvalue weighted by atomic mass is 10.1. The number of nitrogens with zero attached hydrogens (tertiary/aromatic N) is 3. The van der Waals surface area contributed by atoms with Crippen molar-refractivity contribution in [1.82, 2.24) is 9.88 Å². The Labute approximate surface area is 191 Å². The number of nitriles is 1. The number of carbonyl (C=O) groups is 1. The van der Waals surface area contributed by atoms with Gasteiger partial charge < -0.3 is 15.5 Å². The number of aromatic nitrogens is 1. The molecule has 1 heterocycles. The number of amides is 1. The van der Waals surface area contributed by atoms with Crippen LogP contribution in [-0.4, -0.2) is 35.4 Å². The molecular weight excluding hydrogens is 429 g/mol. The number of anilines is 3. The molecule has 6 nitrogen and oxygen atoms in total. The molecule has 0 aliphatic rings. The van der Waals surface area contributed by atoms with Crippen LogP contribution in [0.15, 0.2) is 54.7 Å². The zero-order valence-electron chi connectivity index (χ0n) is 17.8. The maximum atomic E-state index is 13.5. The van der Waals surface area contributed by atoms with Gasteiger partial charge in [0.1, 0.15) is 11.9 Å². The summed E-state index contributed by atoms with van der Waals surface area (Å²) >= 11 is 5.88. The van der Waals surface area contributed by atoms with E-state index in [1.165, 1.54) is 30.5 Å². The fourth-order valence-corrected chi connectivity index (χ4v) is 3.36. The molecule has 0 bridgehead atoms. The average Bonchev–Trinajstić information content (AvgIpc) is 2.79. The Hall–Kier alpha value is -3.47. The van der Waals surface area contributed by atoms with Crippen molar-refractivity contribution in [2.75, 3.05) is 30.3 Å². The lowest BCUT2D eigenvalue weighted by Crippen LogP contribution is -2.23. The Morgan fingerprint density at radius 1 is 1.22 bits per heavy atom. The van der Waals surface area contributed by atoms with Crippen molar-refractivity contribution in [2.24, 2.45) is 0 Å². The van der Waals surface area contributed by atoms with E-state index < -0.39 is 5.82 Å². The van der Waals surface area contributed by atoms with Crippen molar-refractivity contribution in [2.45, 2.75) is 13.8 Å². The van der Waals surface area contributed by atoms with Crippen LogP contribution in [0.3, 0.4) is 0 Å². The van der Waals surface area contributed by atoms with Gasteiger partial charge in [0.15, 0.2) is 0 Å². The number of rotatable bonds is 8. The van der Waals surface area contributed by atoms with Crippen LogP contribution >= 0.6 is 11.6 Å². The Morgan fingerprint density at radius 3 is 2.66 bits per heavy atom. The zero-order valence-corrected chi connectivity index (χ0v) is 18.6. The molecule has 0 saturated carbocycles. The first kappa shape index (κ1) is 23.2. The molecule has 0 aliphatic heterocycles. The van der Waals surface area contributed by atoms with Gasteiger partial charge in [-0.15, -0.1) is 0 Å². The fraction of sp³-hybridized carbons (Fsp3) is 0.208. The second-order valence-electron chi connectivity index (χ2n) is 7.02. The minimum absolute atomic E-state index is 0.0312. The van der Waals surface area contributed by atoms with E-state index in [4.69, 9.17) is 11.6 Å². The smallest absolute Gasteiger partial charge is 0.248 e. The molecular formula is C24H23ClFN5O. The summed E-state index contributed by atoms with van der Waals surface area (Å²) in [5.74, 6) is -0.780. The van der Waals surface area contributed by atoms with Gasteiger partial charge in [0.2, 0.25) is 5.91 Å². The first-order valence-electron chi connectivity index (χ1n) is 10.2. The lowest BCUT2D eigenvalue weighted by Gasteiger charge is -2.14. The molecule has 0 aliphatic carbocycles. The van der Waals surface area contributed by atoms with Gasteiger partial charge in [-0.25, -0.2) is 4.39 Å². The maximum Gasteiger partial charge on any atom is 0.248 e. The van der Waals surface area contributed by atoms with E-state index in [9.17, 15) is 14.4 Å². The number of likely N-dealkylation sites (N-methyl/N-ethyl adjacent to an activating group) is 1. The molecule has 0 fully saturated rings. The van der Waals surface area contributed by atoms with Crippen LogP contribution in [0.4, 0.5) is 21.5 Å². The van der Waals surface area contributed by atoms with Gasteiger partial charge in [-0.05, 0) is 49.5 Å². The summed E-state index contributed by atoms with van der Waals surface area (Å²) in [7, 11) is 0. The van der Waals surface area contributed by atoms with Gasteiger partial charge in [-0.1, -0.05) is 31.5 Å². The van der Waals surface area contributed by atoms with Crippen LogP contribution < -0.4 is 10.6 Å². The number of halogens is 2. The molecule has 8 heteroatoms. The van der Waals surface area contributed by atoms with E-state index in [2.05, 4.69) is 40.4 Å². The third-order valence-electron chi connectivity index (χ3n) is 4.97.